The molecule has 0 fully saturated rings. The van der Waals surface area contributed by atoms with Crippen molar-refractivity contribution in [2.24, 2.45) is 4.99 Å². The lowest BCUT2D eigenvalue weighted by molar-refractivity contribution is -0.115. The van der Waals surface area contributed by atoms with E-state index >= 15 is 0 Å². The monoisotopic (exact) mass is 400 g/mol. The molecule has 1 heterocycles. The maximum Gasteiger partial charge on any atom is 0.243 e. The van der Waals surface area contributed by atoms with Crippen molar-refractivity contribution in [1.29, 1.82) is 0 Å². The van der Waals surface area contributed by atoms with Crippen LogP contribution >= 0.6 is 0 Å². The maximum absolute atomic E-state index is 13.2. The van der Waals surface area contributed by atoms with E-state index in [4.69, 9.17) is 9.47 Å². The molecule has 1 amide bonds. The highest BCUT2D eigenvalue weighted by Crippen LogP contribution is 2.33. The lowest BCUT2D eigenvalue weighted by Gasteiger charge is -2.32. The van der Waals surface area contributed by atoms with E-state index in [1.54, 1.807) is 33.4 Å². The molecule has 0 aromatic heterocycles. The first-order valence-electron chi connectivity index (χ1n) is 9.29. The summed E-state index contributed by atoms with van der Waals surface area (Å²) in [7, 11) is 4.92. The molecule has 0 atom stereocenters. The van der Waals surface area contributed by atoms with Gasteiger partial charge >= 0.3 is 0 Å². The zero-order valence-electron chi connectivity index (χ0n) is 16.8. The van der Waals surface area contributed by atoms with Gasteiger partial charge in [0.15, 0.2) is 17.5 Å². The van der Waals surface area contributed by atoms with Crippen molar-refractivity contribution in [3.63, 3.8) is 0 Å². The molecule has 7 nitrogen and oxygen atoms in total. The second-order valence-electron chi connectivity index (χ2n) is 6.61. The second-order valence-corrected chi connectivity index (χ2v) is 6.61. The van der Waals surface area contributed by atoms with E-state index in [1.807, 2.05) is 12.1 Å². The number of nitrogens with one attached hydrogen (secondary N) is 2. The molecule has 3 rings (SSSR count). The number of nitrogens with zero attached hydrogens (tertiary/aromatic N) is 2. The van der Waals surface area contributed by atoms with Gasteiger partial charge in [-0.25, -0.2) is 4.39 Å². The van der Waals surface area contributed by atoms with Crippen LogP contribution in [0.3, 0.4) is 0 Å². The van der Waals surface area contributed by atoms with E-state index in [2.05, 4.69) is 20.5 Å². The predicted octanol–water partition coefficient (Wildman–Crippen LogP) is 2.42. The van der Waals surface area contributed by atoms with Gasteiger partial charge in [0.05, 0.1) is 20.8 Å². The number of carbonyl (C=O) groups is 1. The Balaban J connectivity index is 1.62. The van der Waals surface area contributed by atoms with Crippen LogP contribution < -0.4 is 20.1 Å². The number of guanidine groups is 1. The highest BCUT2D eigenvalue weighted by atomic mass is 19.1. The number of halogens is 1. The maximum atomic E-state index is 13.2. The summed E-state index contributed by atoms with van der Waals surface area (Å²) in [6.07, 6.45) is 0.825. The zero-order valence-corrected chi connectivity index (χ0v) is 16.8. The summed E-state index contributed by atoms with van der Waals surface area (Å²) in [5.74, 6) is 1.35. The van der Waals surface area contributed by atoms with Gasteiger partial charge in [0, 0.05) is 25.8 Å². The fourth-order valence-electron chi connectivity index (χ4n) is 3.33. The first kappa shape index (κ1) is 20.4. The van der Waals surface area contributed by atoms with Gasteiger partial charge in [-0.15, -0.1) is 0 Å². The zero-order chi connectivity index (χ0) is 20.8. The SMILES string of the molecule is CN=C(NCC(=O)Nc1cccc(F)c1)N1CCc2cc(OC)c(OC)cc2C1. The first-order chi connectivity index (χ1) is 14.0. The second kappa shape index (κ2) is 9.27. The molecule has 0 spiro atoms. The number of rotatable bonds is 5. The fraction of sp³-hybridized carbons (Fsp3) is 0.333. The number of benzene rings is 2. The molecule has 2 aromatic carbocycles. The average molecular weight is 400 g/mol. The third-order valence-electron chi connectivity index (χ3n) is 4.74. The molecule has 0 radical (unpaired) electrons. The molecule has 0 bridgehead atoms. The Kier molecular flexibility index (Phi) is 6.54. The summed E-state index contributed by atoms with van der Waals surface area (Å²) in [5.41, 5.74) is 2.75. The first-order valence-corrected chi connectivity index (χ1v) is 9.29. The third-order valence-corrected chi connectivity index (χ3v) is 4.74. The molecule has 0 saturated carbocycles. The molecule has 1 aliphatic rings. The minimum absolute atomic E-state index is 0.0263. The third kappa shape index (κ3) is 4.96. The van der Waals surface area contributed by atoms with Crippen molar-refractivity contribution >= 4 is 17.6 Å². The van der Waals surface area contributed by atoms with Gasteiger partial charge < -0.3 is 25.0 Å². The summed E-state index contributed by atoms with van der Waals surface area (Å²) >= 11 is 0. The summed E-state index contributed by atoms with van der Waals surface area (Å²) in [6, 6.07) is 9.77. The molecule has 29 heavy (non-hydrogen) atoms. The van der Waals surface area contributed by atoms with Crippen molar-refractivity contribution in [3.8, 4) is 11.5 Å². The van der Waals surface area contributed by atoms with Crippen LogP contribution in [0.5, 0.6) is 11.5 Å². The number of fused-ring (bicyclic) bond motifs is 1. The van der Waals surface area contributed by atoms with Crippen molar-refractivity contribution in [1.82, 2.24) is 10.2 Å². The topological polar surface area (TPSA) is 75.2 Å². The minimum Gasteiger partial charge on any atom is -0.493 e. The number of methoxy groups -OCH3 is 2. The number of aliphatic imine (C=N–C) groups is 1. The number of ether oxygens (including phenoxy) is 2. The Hall–Kier alpha value is -3.29. The number of anilines is 1. The van der Waals surface area contributed by atoms with Gasteiger partial charge in [-0.05, 0) is 47.9 Å². The molecule has 0 aliphatic carbocycles. The van der Waals surface area contributed by atoms with E-state index in [0.29, 0.717) is 23.9 Å². The lowest BCUT2D eigenvalue weighted by atomic mass is 9.99. The van der Waals surface area contributed by atoms with Crippen molar-refractivity contribution in [3.05, 3.63) is 53.3 Å². The quantitative estimate of drug-likeness (QED) is 0.596. The standard InChI is InChI=1S/C21H25FN4O3/c1-23-21(24-12-20(27)25-17-6-4-5-16(22)11-17)26-8-7-14-9-18(28-2)19(29-3)10-15(14)13-26/h4-6,9-11H,7-8,12-13H2,1-3H3,(H,23,24)(H,25,27). The van der Waals surface area contributed by atoms with Crippen LogP contribution in [-0.2, 0) is 17.8 Å². The van der Waals surface area contributed by atoms with Crippen LogP contribution in [0.15, 0.2) is 41.4 Å². The molecule has 1 aliphatic heterocycles. The summed E-state index contributed by atoms with van der Waals surface area (Å²) in [4.78, 5) is 18.5. The lowest BCUT2D eigenvalue weighted by Crippen LogP contribution is -2.46. The number of hydrogen-bond donors (Lipinski definition) is 2. The highest BCUT2D eigenvalue weighted by Gasteiger charge is 2.22. The van der Waals surface area contributed by atoms with Crippen LogP contribution in [0.4, 0.5) is 10.1 Å². The number of hydrogen-bond acceptors (Lipinski definition) is 4. The van der Waals surface area contributed by atoms with E-state index in [-0.39, 0.29) is 12.5 Å². The Morgan fingerprint density at radius 1 is 1.17 bits per heavy atom. The molecule has 154 valence electrons. The Morgan fingerprint density at radius 2 is 1.90 bits per heavy atom. The highest BCUT2D eigenvalue weighted by molar-refractivity contribution is 5.95. The normalized spacial score (nSPS) is 13.5. The van der Waals surface area contributed by atoms with Crippen molar-refractivity contribution < 1.29 is 18.7 Å². The number of amides is 1. The van der Waals surface area contributed by atoms with Gasteiger partial charge in [-0.2, -0.15) is 0 Å². The van der Waals surface area contributed by atoms with E-state index in [0.717, 1.165) is 24.3 Å². The van der Waals surface area contributed by atoms with Crippen LogP contribution in [-0.4, -0.2) is 51.1 Å². The summed E-state index contributed by atoms with van der Waals surface area (Å²) < 4.78 is 24.0. The largest absolute Gasteiger partial charge is 0.493 e. The van der Waals surface area contributed by atoms with E-state index in [1.165, 1.54) is 17.7 Å². The van der Waals surface area contributed by atoms with Crippen LogP contribution in [0.25, 0.3) is 0 Å². The van der Waals surface area contributed by atoms with Crippen molar-refractivity contribution in [2.45, 2.75) is 13.0 Å². The molecule has 0 unspecified atom stereocenters. The molecule has 2 N–H and O–H groups in total. The van der Waals surface area contributed by atoms with Gasteiger partial charge in [-0.1, -0.05) is 6.07 Å². The summed E-state index contributed by atoms with van der Waals surface area (Å²) in [6.45, 7) is 1.42. The molecular weight excluding hydrogens is 375 g/mol. The number of carbonyl (C=O) groups excluding carboxylic acids is 1. The summed E-state index contributed by atoms with van der Waals surface area (Å²) in [5, 5.41) is 5.73. The fourth-order valence-corrected chi connectivity index (χ4v) is 3.33. The van der Waals surface area contributed by atoms with Crippen LogP contribution in [0.1, 0.15) is 11.1 Å². The smallest absolute Gasteiger partial charge is 0.243 e. The van der Waals surface area contributed by atoms with Gasteiger partial charge in [-0.3, -0.25) is 9.79 Å². The average Bonchev–Trinajstić information content (AvgIpc) is 2.73. The van der Waals surface area contributed by atoms with Gasteiger partial charge in [0.2, 0.25) is 5.91 Å². The van der Waals surface area contributed by atoms with Gasteiger partial charge in [0.1, 0.15) is 5.82 Å². The van der Waals surface area contributed by atoms with E-state index < -0.39 is 5.82 Å². The Labute approximate surface area is 169 Å². The van der Waals surface area contributed by atoms with Gasteiger partial charge in [0.25, 0.3) is 0 Å². The Bertz CT molecular complexity index is 917. The van der Waals surface area contributed by atoms with Crippen molar-refractivity contribution in [2.75, 3.05) is 39.7 Å². The molecule has 8 heteroatoms. The van der Waals surface area contributed by atoms with Crippen LogP contribution in [0.2, 0.25) is 0 Å². The molecule has 0 saturated heterocycles. The van der Waals surface area contributed by atoms with E-state index in [9.17, 15) is 9.18 Å². The van der Waals surface area contributed by atoms with Crippen LogP contribution in [0, 0.1) is 5.82 Å². The minimum atomic E-state index is -0.398. The predicted molar refractivity (Wildman–Crippen MR) is 110 cm³/mol. The molecular formula is C21H25FN4O3. The molecule has 2 aromatic rings. The Morgan fingerprint density at radius 3 is 2.55 bits per heavy atom.